The van der Waals surface area contributed by atoms with E-state index in [4.69, 9.17) is 9.84 Å². The molecule has 2 aromatic rings. The number of benzene rings is 2. The minimum Gasteiger partial charge on any atom is -0.396 e. The monoisotopic (exact) mass is 384 g/mol. The maximum Gasteiger partial charge on any atom is 0.251 e. The summed E-state index contributed by atoms with van der Waals surface area (Å²) in [5, 5.41) is 12.2. The Kier molecular flexibility index (Phi) is 5.71. The summed E-state index contributed by atoms with van der Waals surface area (Å²) in [5.41, 5.74) is 2.36. The molecular formula is C22H25FN2O3. The van der Waals surface area contributed by atoms with E-state index in [0.717, 1.165) is 30.6 Å². The Hall–Kier alpha value is -2.28. The van der Waals surface area contributed by atoms with Crippen LogP contribution in [0.2, 0.25) is 0 Å². The van der Waals surface area contributed by atoms with Gasteiger partial charge in [-0.05, 0) is 48.2 Å². The number of carbonyl (C=O) groups is 1. The van der Waals surface area contributed by atoms with Gasteiger partial charge in [-0.15, -0.1) is 0 Å². The molecule has 0 aromatic heterocycles. The molecule has 0 spiro atoms. The van der Waals surface area contributed by atoms with Crippen molar-refractivity contribution >= 4 is 5.91 Å². The fourth-order valence-electron chi connectivity index (χ4n) is 4.12. The number of aliphatic hydroxyl groups is 1. The predicted octanol–water partition coefficient (Wildman–Crippen LogP) is 2.45. The van der Waals surface area contributed by atoms with Crippen molar-refractivity contribution in [2.75, 3.05) is 26.3 Å². The van der Waals surface area contributed by atoms with Gasteiger partial charge in [0.25, 0.3) is 5.91 Å². The second kappa shape index (κ2) is 8.39. The molecule has 0 aliphatic carbocycles. The van der Waals surface area contributed by atoms with Crippen molar-refractivity contribution in [1.29, 1.82) is 0 Å². The molecule has 1 amide bonds. The SMILES string of the molecule is O=C(N[C@@H]1C[C@H]2CO[C@@H](CCO)CN2C1)c1cccc(-c2ccc(F)cc2)c1. The van der Waals surface area contributed by atoms with Gasteiger partial charge in [-0.3, -0.25) is 9.69 Å². The third-order valence-electron chi connectivity index (χ3n) is 5.58. The largest absolute Gasteiger partial charge is 0.396 e. The zero-order chi connectivity index (χ0) is 19.5. The first-order chi connectivity index (χ1) is 13.6. The van der Waals surface area contributed by atoms with E-state index in [-0.39, 0.29) is 30.5 Å². The normalized spacial score (nSPS) is 24.7. The third-order valence-corrected chi connectivity index (χ3v) is 5.58. The number of nitrogens with zero attached hydrogens (tertiary/aromatic N) is 1. The van der Waals surface area contributed by atoms with Crippen LogP contribution < -0.4 is 5.32 Å². The first kappa shape index (κ1) is 19.1. The summed E-state index contributed by atoms with van der Waals surface area (Å²) in [4.78, 5) is 15.1. The lowest BCUT2D eigenvalue weighted by Gasteiger charge is -2.34. The number of hydrogen-bond donors (Lipinski definition) is 2. The minimum absolute atomic E-state index is 0.0723. The van der Waals surface area contributed by atoms with Gasteiger partial charge in [0.15, 0.2) is 0 Å². The molecular weight excluding hydrogens is 359 g/mol. The van der Waals surface area contributed by atoms with Crippen molar-refractivity contribution in [3.63, 3.8) is 0 Å². The molecule has 0 unspecified atom stereocenters. The average molecular weight is 384 g/mol. The molecule has 2 heterocycles. The molecule has 3 atom stereocenters. The number of amides is 1. The van der Waals surface area contributed by atoms with Gasteiger partial charge in [-0.1, -0.05) is 24.3 Å². The molecule has 2 aliphatic rings. The number of morpholine rings is 1. The summed E-state index contributed by atoms with van der Waals surface area (Å²) >= 11 is 0. The van der Waals surface area contributed by atoms with Gasteiger partial charge in [-0.25, -0.2) is 4.39 Å². The molecule has 0 bridgehead atoms. The molecule has 6 heteroatoms. The highest BCUT2D eigenvalue weighted by atomic mass is 19.1. The first-order valence-electron chi connectivity index (χ1n) is 9.76. The number of aliphatic hydroxyl groups excluding tert-OH is 1. The standard InChI is InChI=1S/C22H25FN2O3/c23-18-6-4-15(5-7-18)16-2-1-3-17(10-16)22(27)24-19-11-20-14-28-21(8-9-26)13-25(20)12-19/h1-7,10,19-21,26H,8-9,11-14H2,(H,24,27)/t19-,20+,21+/m1/s1. The lowest BCUT2D eigenvalue weighted by atomic mass is 10.0. The summed E-state index contributed by atoms with van der Waals surface area (Å²) in [6.07, 6.45) is 1.59. The molecule has 148 valence electrons. The van der Waals surface area contributed by atoms with Crippen LogP contribution in [0.15, 0.2) is 48.5 Å². The van der Waals surface area contributed by atoms with E-state index in [0.29, 0.717) is 24.6 Å². The van der Waals surface area contributed by atoms with Crippen LogP contribution in [0, 0.1) is 5.82 Å². The fraction of sp³-hybridized carbons (Fsp3) is 0.409. The second-order valence-corrected chi connectivity index (χ2v) is 7.57. The Morgan fingerprint density at radius 1 is 1.18 bits per heavy atom. The molecule has 5 nitrogen and oxygen atoms in total. The van der Waals surface area contributed by atoms with E-state index in [2.05, 4.69) is 10.2 Å². The molecule has 0 radical (unpaired) electrons. The van der Waals surface area contributed by atoms with Crippen LogP contribution in [0.3, 0.4) is 0 Å². The van der Waals surface area contributed by atoms with Crippen molar-refractivity contribution in [2.45, 2.75) is 31.0 Å². The number of fused-ring (bicyclic) bond motifs is 1. The van der Waals surface area contributed by atoms with Crippen LogP contribution in [-0.2, 0) is 4.74 Å². The van der Waals surface area contributed by atoms with Gasteiger partial charge in [0.05, 0.1) is 12.7 Å². The van der Waals surface area contributed by atoms with E-state index in [1.165, 1.54) is 12.1 Å². The van der Waals surface area contributed by atoms with E-state index in [9.17, 15) is 9.18 Å². The summed E-state index contributed by atoms with van der Waals surface area (Å²) in [5.74, 6) is -0.373. The van der Waals surface area contributed by atoms with Crippen LogP contribution in [0.4, 0.5) is 4.39 Å². The number of rotatable bonds is 5. The van der Waals surface area contributed by atoms with Gasteiger partial charge in [0, 0.05) is 37.3 Å². The van der Waals surface area contributed by atoms with Gasteiger partial charge in [0.2, 0.25) is 0 Å². The fourth-order valence-corrected chi connectivity index (χ4v) is 4.12. The lowest BCUT2D eigenvalue weighted by molar-refractivity contribution is -0.0566. The van der Waals surface area contributed by atoms with Gasteiger partial charge in [0.1, 0.15) is 5.82 Å². The highest BCUT2D eigenvalue weighted by Crippen LogP contribution is 2.25. The Labute approximate surface area is 164 Å². The van der Waals surface area contributed by atoms with Crippen molar-refractivity contribution in [2.24, 2.45) is 0 Å². The predicted molar refractivity (Wildman–Crippen MR) is 105 cm³/mol. The number of hydrogen-bond acceptors (Lipinski definition) is 4. The van der Waals surface area contributed by atoms with Crippen LogP contribution in [-0.4, -0.2) is 60.4 Å². The second-order valence-electron chi connectivity index (χ2n) is 7.57. The van der Waals surface area contributed by atoms with E-state index >= 15 is 0 Å². The summed E-state index contributed by atoms with van der Waals surface area (Å²) in [6.45, 7) is 2.39. The number of halogens is 1. The van der Waals surface area contributed by atoms with E-state index in [1.807, 2.05) is 18.2 Å². The maximum atomic E-state index is 13.1. The molecule has 28 heavy (non-hydrogen) atoms. The molecule has 2 N–H and O–H groups in total. The first-order valence-corrected chi connectivity index (χ1v) is 9.76. The van der Waals surface area contributed by atoms with Crippen molar-refractivity contribution in [3.05, 3.63) is 59.9 Å². The summed E-state index contributed by atoms with van der Waals surface area (Å²) < 4.78 is 18.9. The Morgan fingerprint density at radius 3 is 2.79 bits per heavy atom. The van der Waals surface area contributed by atoms with Crippen LogP contribution in [0.5, 0.6) is 0 Å². The minimum atomic E-state index is -0.277. The Bertz CT molecular complexity index is 827. The number of nitrogens with one attached hydrogen (secondary N) is 1. The molecule has 2 aromatic carbocycles. The van der Waals surface area contributed by atoms with Crippen molar-refractivity contribution < 1.29 is 19.0 Å². The average Bonchev–Trinajstić information content (AvgIpc) is 3.10. The van der Waals surface area contributed by atoms with Crippen LogP contribution in [0.25, 0.3) is 11.1 Å². The van der Waals surface area contributed by atoms with E-state index in [1.54, 1.807) is 18.2 Å². The number of carbonyl (C=O) groups excluding carboxylic acids is 1. The maximum absolute atomic E-state index is 13.1. The van der Waals surface area contributed by atoms with Crippen LogP contribution in [0.1, 0.15) is 23.2 Å². The highest BCUT2D eigenvalue weighted by Gasteiger charge is 2.37. The summed E-state index contributed by atoms with van der Waals surface area (Å²) in [6, 6.07) is 14.1. The molecule has 2 saturated heterocycles. The van der Waals surface area contributed by atoms with Crippen molar-refractivity contribution in [1.82, 2.24) is 10.2 Å². The Balaban J connectivity index is 1.39. The van der Waals surface area contributed by atoms with Gasteiger partial charge >= 0.3 is 0 Å². The summed E-state index contributed by atoms with van der Waals surface area (Å²) in [7, 11) is 0. The topological polar surface area (TPSA) is 61.8 Å². The van der Waals surface area contributed by atoms with E-state index < -0.39 is 0 Å². The third kappa shape index (κ3) is 4.24. The smallest absolute Gasteiger partial charge is 0.251 e. The zero-order valence-electron chi connectivity index (χ0n) is 15.7. The molecule has 0 saturated carbocycles. The quantitative estimate of drug-likeness (QED) is 0.831. The molecule has 4 rings (SSSR count). The highest BCUT2D eigenvalue weighted by molar-refractivity contribution is 5.95. The zero-order valence-corrected chi connectivity index (χ0v) is 15.7. The van der Waals surface area contributed by atoms with Crippen molar-refractivity contribution in [3.8, 4) is 11.1 Å². The molecule has 2 aliphatic heterocycles. The molecule has 2 fully saturated rings. The van der Waals surface area contributed by atoms with Gasteiger partial charge < -0.3 is 15.2 Å². The van der Waals surface area contributed by atoms with Gasteiger partial charge in [-0.2, -0.15) is 0 Å². The van der Waals surface area contributed by atoms with Crippen LogP contribution >= 0.6 is 0 Å². The Morgan fingerprint density at radius 2 is 2.00 bits per heavy atom. The number of ether oxygens (including phenoxy) is 1. The lowest BCUT2D eigenvalue weighted by Crippen LogP contribution is -2.46.